The quantitative estimate of drug-likeness (QED) is 0.566. The molecule has 0 saturated carbocycles. The molecule has 0 aliphatic carbocycles. The Balaban J connectivity index is 1.85. The van der Waals surface area contributed by atoms with E-state index in [-0.39, 0.29) is 36.7 Å². The van der Waals surface area contributed by atoms with Gasteiger partial charge in [-0.3, -0.25) is 9.52 Å². The average molecular weight is 458 g/mol. The summed E-state index contributed by atoms with van der Waals surface area (Å²) < 4.78 is 64.2. The molecule has 0 radical (unpaired) electrons. The van der Waals surface area contributed by atoms with Crippen LogP contribution in [0.15, 0.2) is 53.4 Å². The van der Waals surface area contributed by atoms with Gasteiger partial charge in [-0.1, -0.05) is 18.2 Å². The number of carbonyl (C=O) groups is 1. The van der Waals surface area contributed by atoms with Crippen molar-refractivity contribution in [2.24, 2.45) is 0 Å². The second-order valence-corrected chi connectivity index (χ2v) is 10.5. The van der Waals surface area contributed by atoms with Crippen LogP contribution in [-0.4, -0.2) is 46.9 Å². The number of nitrogens with one attached hydrogen (secondary N) is 2. The lowest BCUT2D eigenvalue weighted by molar-refractivity contribution is -0.121. The first-order chi connectivity index (χ1) is 14.0. The molecule has 0 spiro atoms. The molecule has 8 nitrogen and oxygen atoms in total. The maximum Gasteiger partial charge on any atom is 0.242 e. The van der Waals surface area contributed by atoms with Crippen molar-refractivity contribution in [1.29, 1.82) is 0 Å². The SMILES string of the molecule is CN(CCCC(=O)NCc1ccccc1NS(C)(=O)=O)S(=O)(=O)c1ccc(F)cc1. The third-order valence-electron chi connectivity index (χ3n) is 4.19. The van der Waals surface area contributed by atoms with Crippen molar-refractivity contribution in [1.82, 2.24) is 9.62 Å². The normalized spacial score (nSPS) is 12.0. The first-order valence-corrected chi connectivity index (χ1v) is 12.4. The molecule has 0 heterocycles. The highest BCUT2D eigenvalue weighted by molar-refractivity contribution is 7.92. The Bertz CT molecular complexity index is 1090. The molecule has 2 rings (SSSR count). The van der Waals surface area contributed by atoms with Crippen molar-refractivity contribution in [3.8, 4) is 0 Å². The summed E-state index contributed by atoms with van der Waals surface area (Å²) in [7, 11) is -5.82. The molecule has 0 aliphatic rings. The molecular formula is C19H24FN3O5S2. The number of halogens is 1. The minimum Gasteiger partial charge on any atom is -0.352 e. The van der Waals surface area contributed by atoms with Gasteiger partial charge in [0.05, 0.1) is 16.8 Å². The van der Waals surface area contributed by atoms with Gasteiger partial charge in [0.2, 0.25) is 26.0 Å². The number of benzene rings is 2. The zero-order valence-electron chi connectivity index (χ0n) is 16.6. The summed E-state index contributed by atoms with van der Waals surface area (Å²) in [6.45, 7) is 0.237. The molecule has 0 fully saturated rings. The highest BCUT2D eigenvalue weighted by Crippen LogP contribution is 2.17. The van der Waals surface area contributed by atoms with E-state index in [9.17, 15) is 26.0 Å². The lowest BCUT2D eigenvalue weighted by Crippen LogP contribution is -2.29. The van der Waals surface area contributed by atoms with Crippen LogP contribution in [0.3, 0.4) is 0 Å². The average Bonchev–Trinajstić information content (AvgIpc) is 2.66. The van der Waals surface area contributed by atoms with E-state index in [1.54, 1.807) is 24.3 Å². The van der Waals surface area contributed by atoms with Gasteiger partial charge in [-0.15, -0.1) is 0 Å². The van der Waals surface area contributed by atoms with E-state index in [1.165, 1.54) is 19.2 Å². The zero-order chi connectivity index (χ0) is 22.4. The van der Waals surface area contributed by atoms with Crippen LogP contribution in [0.1, 0.15) is 18.4 Å². The van der Waals surface area contributed by atoms with Gasteiger partial charge in [-0.25, -0.2) is 25.5 Å². The molecule has 0 aromatic heterocycles. The van der Waals surface area contributed by atoms with Crippen molar-refractivity contribution in [2.75, 3.05) is 24.6 Å². The van der Waals surface area contributed by atoms with Gasteiger partial charge < -0.3 is 5.32 Å². The summed E-state index contributed by atoms with van der Waals surface area (Å²) in [6, 6.07) is 11.2. The highest BCUT2D eigenvalue weighted by atomic mass is 32.2. The molecule has 30 heavy (non-hydrogen) atoms. The number of hydrogen-bond donors (Lipinski definition) is 2. The Morgan fingerprint density at radius 3 is 2.30 bits per heavy atom. The standard InChI is InChI=1S/C19H24FN3O5S2/c1-23(30(27,28)17-11-9-16(20)10-12-17)13-5-8-19(24)21-14-15-6-3-4-7-18(15)22-29(2,25)26/h3-4,6-7,9-12,22H,5,8,13-14H2,1-2H3,(H,21,24). The number of anilines is 1. The fourth-order valence-electron chi connectivity index (χ4n) is 2.62. The van der Waals surface area contributed by atoms with E-state index in [4.69, 9.17) is 0 Å². The second-order valence-electron chi connectivity index (χ2n) is 6.69. The molecule has 1 amide bonds. The summed E-state index contributed by atoms with van der Waals surface area (Å²) >= 11 is 0. The van der Waals surface area contributed by atoms with Crippen molar-refractivity contribution < 1.29 is 26.0 Å². The molecule has 0 unspecified atom stereocenters. The Labute approximate surface area is 176 Å². The molecule has 2 aromatic rings. The molecule has 0 aliphatic heterocycles. The third-order valence-corrected chi connectivity index (χ3v) is 6.65. The topological polar surface area (TPSA) is 113 Å². The fourth-order valence-corrected chi connectivity index (χ4v) is 4.43. The smallest absolute Gasteiger partial charge is 0.242 e. The number of para-hydroxylation sites is 1. The predicted molar refractivity (Wildman–Crippen MR) is 112 cm³/mol. The summed E-state index contributed by atoms with van der Waals surface area (Å²) in [4.78, 5) is 12.1. The van der Waals surface area contributed by atoms with Crippen LogP contribution < -0.4 is 10.0 Å². The van der Waals surface area contributed by atoms with E-state index in [0.717, 1.165) is 22.7 Å². The van der Waals surface area contributed by atoms with Crippen molar-refractivity contribution in [3.05, 3.63) is 59.9 Å². The van der Waals surface area contributed by atoms with Crippen molar-refractivity contribution >= 4 is 31.6 Å². The van der Waals surface area contributed by atoms with Gasteiger partial charge in [0.1, 0.15) is 5.82 Å². The number of sulfonamides is 2. The summed E-state index contributed by atoms with van der Waals surface area (Å²) in [5.41, 5.74) is 0.984. The van der Waals surface area contributed by atoms with Gasteiger partial charge in [0.25, 0.3) is 0 Å². The van der Waals surface area contributed by atoms with E-state index in [2.05, 4.69) is 10.0 Å². The van der Waals surface area contributed by atoms with E-state index in [0.29, 0.717) is 11.3 Å². The van der Waals surface area contributed by atoms with E-state index in [1.807, 2.05) is 0 Å². The molecule has 11 heteroatoms. The van der Waals surface area contributed by atoms with E-state index < -0.39 is 25.9 Å². The van der Waals surface area contributed by atoms with Gasteiger partial charge in [0, 0.05) is 26.6 Å². The van der Waals surface area contributed by atoms with Crippen molar-refractivity contribution in [2.45, 2.75) is 24.3 Å². The van der Waals surface area contributed by atoms with Crippen LogP contribution >= 0.6 is 0 Å². The van der Waals surface area contributed by atoms with Crippen LogP contribution in [-0.2, 0) is 31.4 Å². The first-order valence-electron chi connectivity index (χ1n) is 9.03. The largest absolute Gasteiger partial charge is 0.352 e. The molecule has 164 valence electrons. The number of hydrogen-bond acceptors (Lipinski definition) is 5. The van der Waals surface area contributed by atoms with Crippen LogP contribution in [0.4, 0.5) is 10.1 Å². The Hall–Kier alpha value is -2.50. The maximum atomic E-state index is 13.0. The molecule has 0 saturated heterocycles. The Kier molecular flexibility index (Phi) is 7.93. The lowest BCUT2D eigenvalue weighted by Gasteiger charge is -2.17. The summed E-state index contributed by atoms with van der Waals surface area (Å²) in [6.07, 6.45) is 1.41. The van der Waals surface area contributed by atoms with Gasteiger partial charge in [0.15, 0.2) is 0 Å². The molecule has 0 atom stereocenters. The maximum absolute atomic E-state index is 13.0. The third kappa shape index (κ3) is 7.08. The predicted octanol–water partition coefficient (Wildman–Crippen LogP) is 1.91. The minimum atomic E-state index is -3.76. The molecule has 2 aromatic carbocycles. The Morgan fingerprint density at radius 2 is 1.67 bits per heavy atom. The summed E-state index contributed by atoms with van der Waals surface area (Å²) in [5, 5.41) is 2.69. The summed E-state index contributed by atoms with van der Waals surface area (Å²) in [5.74, 6) is -0.821. The Morgan fingerprint density at radius 1 is 1.03 bits per heavy atom. The highest BCUT2D eigenvalue weighted by Gasteiger charge is 2.20. The van der Waals surface area contributed by atoms with Gasteiger partial charge >= 0.3 is 0 Å². The molecule has 0 bridgehead atoms. The molecular weight excluding hydrogens is 433 g/mol. The van der Waals surface area contributed by atoms with Crippen LogP contribution in [0.2, 0.25) is 0 Å². The fraction of sp³-hybridized carbons (Fsp3) is 0.316. The number of carbonyl (C=O) groups excluding carboxylic acids is 1. The second kappa shape index (κ2) is 10.0. The molecule has 2 N–H and O–H groups in total. The first kappa shape index (κ1) is 23.8. The number of nitrogens with zero attached hydrogens (tertiary/aromatic N) is 1. The zero-order valence-corrected chi connectivity index (χ0v) is 18.3. The van der Waals surface area contributed by atoms with Crippen molar-refractivity contribution in [3.63, 3.8) is 0 Å². The minimum absolute atomic E-state index is 0.0224. The van der Waals surface area contributed by atoms with Gasteiger partial charge in [-0.2, -0.15) is 0 Å². The van der Waals surface area contributed by atoms with Crippen LogP contribution in [0.5, 0.6) is 0 Å². The van der Waals surface area contributed by atoms with Crippen LogP contribution in [0.25, 0.3) is 0 Å². The van der Waals surface area contributed by atoms with E-state index >= 15 is 0 Å². The van der Waals surface area contributed by atoms with Crippen LogP contribution in [0, 0.1) is 5.82 Å². The monoisotopic (exact) mass is 457 g/mol. The number of amides is 1. The lowest BCUT2D eigenvalue weighted by atomic mass is 10.2. The number of rotatable bonds is 10. The van der Waals surface area contributed by atoms with Gasteiger partial charge in [-0.05, 0) is 42.3 Å².